The van der Waals surface area contributed by atoms with Crippen molar-refractivity contribution in [2.75, 3.05) is 13.2 Å². The van der Waals surface area contributed by atoms with Crippen LogP contribution in [0.5, 0.6) is 5.75 Å². The van der Waals surface area contributed by atoms with Crippen LogP contribution < -0.4 is 4.74 Å². The number of hydrogen-bond acceptors (Lipinski definition) is 3. The number of nitrogens with zero attached hydrogens (tertiary/aromatic N) is 1. The number of fused-ring (bicyclic) bond motifs is 1. The number of nitrogens with one attached hydrogen (secondary N) is 1. The van der Waals surface area contributed by atoms with Crippen molar-refractivity contribution in [3.8, 4) is 5.75 Å². The van der Waals surface area contributed by atoms with Crippen molar-refractivity contribution >= 4 is 26.8 Å². The minimum absolute atomic E-state index is 0.164. The zero-order chi connectivity index (χ0) is 11.0. The number of aromatic nitrogens is 2. The van der Waals surface area contributed by atoms with Crippen LogP contribution in [0.15, 0.2) is 22.8 Å². The van der Waals surface area contributed by atoms with E-state index in [-0.39, 0.29) is 6.10 Å². The lowest BCUT2D eigenvalue weighted by molar-refractivity contribution is 0.141. The molecule has 2 aromatic rings. The number of hydrogen-bond donors (Lipinski definition) is 1. The molecule has 84 valence electrons. The molecule has 0 saturated carbocycles. The average molecular weight is 283 g/mol. The summed E-state index contributed by atoms with van der Waals surface area (Å²) in [4.78, 5) is 0. The molecule has 16 heavy (non-hydrogen) atoms. The molecular formula is C11H11BrN2O2. The van der Waals surface area contributed by atoms with Gasteiger partial charge in [-0.25, -0.2) is 0 Å². The van der Waals surface area contributed by atoms with Gasteiger partial charge in [0.25, 0.3) is 0 Å². The molecule has 5 heteroatoms. The first-order valence-corrected chi connectivity index (χ1v) is 5.99. The average Bonchev–Trinajstić information content (AvgIpc) is 2.89. The highest BCUT2D eigenvalue weighted by atomic mass is 79.9. The van der Waals surface area contributed by atoms with Crippen LogP contribution in [0, 0.1) is 0 Å². The Morgan fingerprint density at radius 1 is 1.50 bits per heavy atom. The van der Waals surface area contributed by atoms with Crippen LogP contribution in [0.25, 0.3) is 10.9 Å². The highest BCUT2D eigenvalue weighted by Gasteiger charge is 2.18. The summed E-state index contributed by atoms with van der Waals surface area (Å²) in [5.74, 6) is 0.840. The van der Waals surface area contributed by atoms with Gasteiger partial charge in [0.15, 0.2) is 0 Å². The fraction of sp³-hybridized carbons (Fsp3) is 0.364. The second-order valence-corrected chi connectivity index (χ2v) is 4.70. The lowest BCUT2D eigenvalue weighted by atomic mass is 10.2. The van der Waals surface area contributed by atoms with Gasteiger partial charge in [-0.2, -0.15) is 5.10 Å². The Bertz CT molecular complexity index is 506. The molecule has 1 saturated heterocycles. The molecule has 1 fully saturated rings. The van der Waals surface area contributed by atoms with Gasteiger partial charge < -0.3 is 9.47 Å². The normalized spacial score (nSPS) is 20.4. The molecule has 1 aliphatic heterocycles. The topological polar surface area (TPSA) is 47.1 Å². The van der Waals surface area contributed by atoms with E-state index >= 15 is 0 Å². The molecule has 0 amide bonds. The summed E-state index contributed by atoms with van der Waals surface area (Å²) in [7, 11) is 0. The zero-order valence-corrected chi connectivity index (χ0v) is 10.2. The number of benzene rings is 1. The maximum absolute atomic E-state index is 5.86. The number of aromatic amines is 1. The fourth-order valence-corrected chi connectivity index (χ4v) is 2.27. The predicted octanol–water partition coefficient (Wildman–Crippen LogP) is 2.49. The largest absolute Gasteiger partial charge is 0.487 e. The molecule has 3 rings (SSSR count). The van der Waals surface area contributed by atoms with E-state index in [1.807, 2.05) is 12.1 Å². The maximum Gasteiger partial charge on any atom is 0.136 e. The van der Waals surface area contributed by atoms with E-state index in [9.17, 15) is 0 Å². The summed E-state index contributed by atoms with van der Waals surface area (Å²) in [6.07, 6.45) is 2.91. The van der Waals surface area contributed by atoms with Gasteiger partial charge in [-0.05, 0) is 22.0 Å². The quantitative estimate of drug-likeness (QED) is 0.921. The first-order chi connectivity index (χ1) is 7.83. The van der Waals surface area contributed by atoms with E-state index in [1.54, 1.807) is 6.20 Å². The second-order valence-electron chi connectivity index (χ2n) is 3.84. The summed E-state index contributed by atoms with van der Waals surface area (Å²) >= 11 is 3.50. The minimum Gasteiger partial charge on any atom is -0.487 e. The van der Waals surface area contributed by atoms with Gasteiger partial charge in [0.2, 0.25) is 0 Å². The highest BCUT2D eigenvalue weighted by molar-refractivity contribution is 9.10. The predicted molar refractivity (Wildman–Crippen MR) is 63.6 cm³/mol. The lowest BCUT2D eigenvalue weighted by Crippen LogP contribution is -2.15. The molecule has 0 bridgehead atoms. The molecule has 1 aromatic heterocycles. The summed E-state index contributed by atoms with van der Waals surface area (Å²) < 4.78 is 12.1. The molecule has 0 aliphatic carbocycles. The number of H-pyrrole nitrogens is 1. The minimum atomic E-state index is 0.164. The molecular weight excluding hydrogens is 272 g/mol. The molecule has 0 radical (unpaired) electrons. The Morgan fingerprint density at radius 3 is 3.25 bits per heavy atom. The van der Waals surface area contributed by atoms with Crippen molar-refractivity contribution in [2.45, 2.75) is 12.5 Å². The van der Waals surface area contributed by atoms with Crippen LogP contribution in [0.3, 0.4) is 0 Å². The Kier molecular flexibility index (Phi) is 2.57. The highest BCUT2D eigenvalue weighted by Crippen LogP contribution is 2.31. The monoisotopic (exact) mass is 282 g/mol. The second kappa shape index (κ2) is 4.07. The summed E-state index contributed by atoms with van der Waals surface area (Å²) in [5.41, 5.74) is 0.983. The van der Waals surface area contributed by atoms with Gasteiger partial charge >= 0.3 is 0 Å². The maximum atomic E-state index is 5.86. The Balaban J connectivity index is 1.92. The van der Waals surface area contributed by atoms with E-state index in [1.165, 1.54) is 0 Å². The van der Waals surface area contributed by atoms with Gasteiger partial charge in [0, 0.05) is 17.9 Å². The molecule has 1 unspecified atom stereocenters. The summed E-state index contributed by atoms with van der Waals surface area (Å²) in [5, 5.41) is 7.99. The van der Waals surface area contributed by atoms with E-state index in [0.717, 1.165) is 34.2 Å². The standard InChI is InChI=1S/C11H11BrN2O2/c12-9-3-7-5-13-14-10(7)4-11(9)16-8-1-2-15-6-8/h3-5,8H,1-2,6H2,(H,13,14). The van der Waals surface area contributed by atoms with Crippen LogP contribution in [0.4, 0.5) is 0 Å². The Labute approximate surface area is 101 Å². The first-order valence-electron chi connectivity index (χ1n) is 5.20. The number of ether oxygens (including phenoxy) is 2. The van der Waals surface area contributed by atoms with Crippen molar-refractivity contribution < 1.29 is 9.47 Å². The molecule has 1 N–H and O–H groups in total. The van der Waals surface area contributed by atoms with Crippen LogP contribution in [-0.2, 0) is 4.74 Å². The van der Waals surface area contributed by atoms with Crippen LogP contribution >= 0.6 is 15.9 Å². The summed E-state index contributed by atoms with van der Waals surface area (Å²) in [6.45, 7) is 1.46. The van der Waals surface area contributed by atoms with E-state index in [4.69, 9.17) is 9.47 Å². The van der Waals surface area contributed by atoms with Gasteiger partial charge in [0.05, 0.1) is 29.4 Å². The molecule has 1 aromatic carbocycles. The SMILES string of the molecule is Brc1cc2cn[nH]c2cc1OC1CCOC1. The zero-order valence-electron chi connectivity index (χ0n) is 8.57. The van der Waals surface area contributed by atoms with Crippen LogP contribution in [0.1, 0.15) is 6.42 Å². The van der Waals surface area contributed by atoms with E-state index in [0.29, 0.717) is 6.61 Å². The third-order valence-electron chi connectivity index (χ3n) is 2.67. The third-order valence-corrected chi connectivity index (χ3v) is 3.29. The molecule has 1 atom stereocenters. The molecule has 0 spiro atoms. The molecule has 2 heterocycles. The third kappa shape index (κ3) is 1.81. The lowest BCUT2D eigenvalue weighted by Gasteiger charge is -2.13. The van der Waals surface area contributed by atoms with E-state index in [2.05, 4.69) is 26.1 Å². The smallest absolute Gasteiger partial charge is 0.136 e. The number of rotatable bonds is 2. The van der Waals surface area contributed by atoms with Crippen molar-refractivity contribution in [1.82, 2.24) is 10.2 Å². The van der Waals surface area contributed by atoms with Gasteiger partial charge in [-0.1, -0.05) is 0 Å². The molecule has 1 aliphatic rings. The van der Waals surface area contributed by atoms with Crippen molar-refractivity contribution in [3.63, 3.8) is 0 Å². The van der Waals surface area contributed by atoms with Crippen molar-refractivity contribution in [3.05, 3.63) is 22.8 Å². The fourth-order valence-electron chi connectivity index (χ4n) is 1.82. The van der Waals surface area contributed by atoms with E-state index < -0.39 is 0 Å². The van der Waals surface area contributed by atoms with Gasteiger partial charge in [0.1, 0.15) is 11.9 Å². The van der Waals surface area contributed by atoms with Crippen LogP contribution in [-0.4, -0.2) is 29.5 Å². The number of halogens is 1. The Morgan fingerprint density at radius 2 is 2.44 bits per heavy atom. The van der Waals surface area contributed by atoms with Gasteiger partial charge in [-0.15, -0.1) is 0 Å². The first kappa shape index (κ1) is 10.1. The van der Waals surface area contributed by atoms with Crippen molar-refractivity contribution in [2.24, 2.45) is 0 Å². The summed E-state index contributed by atoms with van der Waals surface area (Å²) in [6, 6.07) is 3.97. The van der Waals surface area contributed by atoms with Crippen molar-refractivity contribution in [1.29, 1.82) is 0 Å². The molecule has 4 nitrogen and oxygen atoms in total. The van der Waals surface area contributed by atoms with Crippen LogP contribution in [0.2, 0.25) is 0 Å². The Hall–Kier alpha value is -1.07. The van der Waals surface area contributed by atoms with Gasteiger partial charge in [-0.3, -0.25) is 5.10 Å².